The van der Waals surface area contributed by atoms with Crippen LogP contribution in [-0.4, -0.2) is 5.91 Å². The molecule has 0 radical (unpaired) electrons. The van der Waals surface area contributed by atoms with Crippen molar-refractivity contribution in [2.45, 2.75) is 25.8 Å². The van der Waals surface area contributed by atoms with E-state index in [1.54, 1.807) is 17.4 Å². The molecule has 2 aromatic rings. The van der Waals surface area contributed by atoms with E-state index in [0.29, 0.717) is 6.42 Å². The largest absolute Gasteiger partial charge is 0.347 e. The molecular formula is C15H16FNOS. The molecule has 19 heavy (non-hydrogen) atoms. The van der Waals surface area contributed by atoms with Crippen LogP contribution in [0.2, 0.25) is 0 Å². The van der Waals surface area contributed by atoms with Gasteiger partial charge in [-0.15, -0.1) is 11.3 Å². The molecule has 0 unspecified atom stereocenters. The highest BCUT2D eigenvalue weighted by Gasteiger charge is 2.23. The van der Waals surface area contributed by atoms with Gasteiger partial charge in [-0.3, -0.25) is 4.79 Å². The van der Waals surface area contributed by atoms with E-state index in [4.69, 9.17) is 0 Å². The summed E-state index contributed by atoms with van der Waals surface area (Å²) >= 11 is 1.55. The lowest BCUT2D eigenvalue weighted by atomic mass is 9.94. The van der Waals surface area contributed by atoms with E-state index in [2.05, 4.69) is 5.32 Å². The first-order chi connectivity index (χ1) is 8.97. The number of carbonyl (C=O) groups is 1. The summed E-state index contributed by atoms with van der Waals surface area (Å²) in [6, 6.07) is 10.2. The Bertz CT molecular complexity index is 563. The van der Waals surface area contributed by atoms with Crippen molar-refractivity contribution in [3.05, 3.63) is 58.0 Å². The molecule has 1 aromatic heterocycles. The number of thiophene rings is 1. The van der Waals surface area contributed by atoms with Crippen LogP contribution in [0.25, 0.3) is 0 Å². The number of halogens is 1. The molecule has 4 heteroatoms. The molecule has 100 valence electrons. The number of carbonyl (C=O) groups excluding carboxylic acids is 1. The maximum atomic E-state index is 13.2. The van der Waals surface area contributed by atoms with Gasteiger partial charge < -0.3 is 5.32 Å². The Balaban J connectivity index is 2.06. The average molecular weight is 277 g/mol. The van der Waals surface area contributed by atoms with Gasteiger partial charge in [-0.1, -0.05) is 18.2 Å². The first kappa shape index (κ1) is 13.7. The molecule has 0 saturated heterocycles. The minimum atomic E-state index is -0.587. The second-order valence-electron chi connectivity index (χ2n) is 4.94. The Kier molecular flexibility index (Phi) is 4.00. The summed E-state index contributed by atoms with van der Waals surface area (Å²) < 4.78 is 13.2. The summed E-state index contributed by atoms with van der Waals surface area (Å²) in [4.78, 5) is 13.0. The zero-order valence-corrected chi connectivity index (χ0v) is 11.8. The highest BCUT2D eigenvalue weighted by Crippen LogP contribution is 2.21. The van der Waals surface area contributed by atoms with E-state index < -0.39 is 5.54 Å². The third-order valence-corrected chi connectivity index (χ3v) is 3.79. The van der Waals surface area contributed by atoms with Crippen LogP contribution in [0.5, 0.6) is 0 Å². The number of rotatable bonds is 4. The number of nitrogens with one attached hydrogen (secondary N) is 1. The Hall–Kier alpha value is -1.68. The van der Waals surface area contributed by atoms with Gasteiger partial charge in [-0.05, 0) is 43.0 Å². The number of benzene rings is 1. The number of amides is 1. The second kappa shape index (κ2) is 5.53. The maximum Gasteiger partial charge on any atom is 0.225 e. The lowest BCUT2D eigenvalue weighted by molar-refractivity contribution is -0.122. The summed E-state index contributed by atoms with van der Waals surface area (Å²) in [5.74, 6) is -0.352. The first-order valence-corrected chi connectivity index (χ1v) is 6.95. The Morgan fingerprint density at radius 1 is 1.32 bits per heavy atom. The molecule has 0 aliphatic carbocycles. The normalized spacial score (nSPS) is 11.3. The molecule has 0 atom stereocenters. The van der Waals surface area contributed by atoms with Crippen LogP contribution in [0.3, 0.4) is 0 Å². The van der Waals surface area contributed by atoms with E-state index >= 15 is 0 Å². The van der Waals surface area contributed by atoms with E-state index in [9.17, 15) is 9.18 Å². The third kappa shape index (κ3) is 3.64. The Labute approximate surface area is 116 Å². The lowest BCUT2D eigenvalue weighted by Crippen LogP contribution is -2.41. The molecule has 0 aliphatic heterocycles. The van der Waals surface area contributed by atoms with Gasteiger partial charge in [0, 0.05) is 4.88 Å². The van der Waals surface area contributed by atoms with E-state index in [-0.39, 0.29) is 11.7 Å². The molecular weight excluding hydrogens is 261 g/mol. The second-order valence-corrected chi connectivity index (χ2v) is 5.97. The van der Waals surface area contributed by atoms with Crippen molar-refractivity contribution in [2.24, 2.45) is 0 Å². The van der Waals surface area contributed by atoms with Crippen molar-refractivity contribution >= 4 is 17.2 Å². The van der Waals surface area contributed by atoms with Crippen molar-refractivity contribution in [1.82, 2.24) is 5.32 Å². The molecule has 2 nitrogen and oxygen atoms in total. The van der Waals surface area contributed by atoms with Crippen LogP contribution in [0.15, 0.2) is 41.8 Å². The summed E-state index contributed by atoms with van der Waals surface area (Å²) in [5.41, 5.74) is 0.170. The van der Waals surface area contributed by atoms with Gasteiger partial charge in [0.15, 0.2) is 0 Å². The van der Waals surface area contributed by atoms with E-state index in [1.165, 1.54) is 12.1 Å². The number of hydrogen-bond donors (Lipinski definition) is 1. The molecule has 0 aliphatic rings. The van der Waals surface area contributed by atoms with Gasteiger partial charge in [-0.25, -0.2) is 4.39 Å². The molecule has 2 rings (SSSR count). The summed E-state index contributed by atoms with van der Waals surface area (Å²) in [6.07, 6.45) is 0.358. The Morgan fingerprint density at radius 3 is 2.74 bits per heavy atom. The lowest BCUT2D eigenvalue weighted by Gasteiger charge is -2.27. The average Bonchev–Trinajstić information content (AvgIpc) is 2.81. The predicted octanol–water partition coefficient (Wildman–Crippen LogP) is 3.48. The SMILES string of the molecule is CC(C)(NC(=O)Cc1cccs1)c1cccc(F)c1. The van der Waals surface area contributed by atoms with Crippen LogP contribution in [0.1, 0.15) is 24.3 Å². The highest BCUT2D eigenvalue weighted by atomic mass is 32.1. The van der Waals surface area contributed by atoms with Crippen LogP contribution in [0, 0.1) is 5.82 Å². The molecule has 0 fully saturated rings. The van der Waals surface area contributed by atoms with Crippen LogP contribution >= 0.6 is 11.3 Å². The molecule has 1 aromatic carbocycles. The van der Waals surface area contributed by atoms with E-state index in [0.717, 1.165) is 10.4 Å². The monoisotopic (exact) mass is 277 g/mol. The summed E-state index contributed by atoms with van der Waals surface area (Å²) in [5, 5.41) is 4.88. The summed E-state index contributed by atoms with van der Waals surface area (Å²) in [7, 11) is 0. The molecule has 1 N–H and O–H groups in total. The van der Waals surface area contributed by atoms with Crippen LogP contribution in [0.4, 0.5) is 4.39 Å². The van der Waals surface area contributed by atoms with Gasteiger partial charge in [0.05, 0.1) is 12.0 Å². The molecule has 1 heterocycles. The third-order valence-electron chi connectivity index (χ3n) is 2.91. The molecule has 0 bridgehead atoms. The highest BCUT2D eigenvalue weighted by molar-refractivity contribution is 7.10. The zero-order chi connectivity index (χ0) is 13.9. The van der Waals surface area contributed by atoms with E-state index in [1.807, 2.05) is 37.4 Å². The quantitative estimate of drug-likeness (QED) is 0.910. The van der Waals surface area contributed by atoms with Gasteiger partial charge in [-0.2, -0.15) is 0 Å². The minimum absolute atomic E-state index is 0.0586. The van der Waals surface area contributed by atoms with Crippen LogP contribution < -0.4 is 5.32 Å². The standard InChI is InChI=1S/C15H16FNOS/c1-15(2,11-5-3-6-12(16)9-11)17-14(18)10-13-7-4-8-19-13/h3-9H,10H2,1-2H3,(H,17,18). The molecule has 1 amide bonds. The van der Waals surface area contributed by atoms with Gasteiger partial charge in [0.2, 0.25) is 5.91 Å². The van der Waals surface area contributed by atoms with Gasteiger partial charge >= 0.3 is 0 Å². The topological polar surface area (TPSA) is 29.1 Å². The summed E-state index contributed by atoms with van der Waals surface area (Å²) in [6.45, 7) is 3.74. The van der Waals surface area contributed by atoms with Crippen LogP contribution in [-0.2, 0) is 16.8 Å². The first-order valence-electron chi connectivity index (χ1n) is 6.07. The van der Waals surface area contributed by atoms with Gasteiger partial charge in [0.1, 0.15) is 5.82 Å². The van der Waals surface area contributed by atoms with Crippen molar-refractivity contribution in [3.8, 4) is 0 Å². The smallest absolute Gasteiger partial charge is 0.225 e. The fourth-order valence-electron chi connectivity index (χ4n) is 1.91. The molecule has 0 saturated carbocycles. The van der Waals surface area contributed by atoms with Gasteiger partial charge in [0.25, 0.3) is 0 Å². The fourth-order valence-corrected chi connectivity index (χ4v) is 2.62. The maximum absolute atomic E-state index is 13.2. The van der Waals surface area contributed by atoms with Crippen molar-refractivity contribution in [3.63, 3.8) is 0 Å². The fraction of sp³-hybridized carbons (Fsp3) is 0.267. The van der Waals surface area contributed by atoms with Crippen molar-refractivity contribution < 1.29 is 9.18 Å². The predicted molar refractivity (Wildman–Crippen MR) is 75.6 cm³/mol. The Morgan fingerprint density at radius 2 is 2.11 bits per heavy atom. The van der Waals surface area contributed by atoms with Crippen molar-refractivity contribution in [2.75, 3.05) is 0 Å². The molecule has 0 spiro atoms. The van der Waals surface area contributed by atoms with Crippen molar-refractivity contribution in [1.29, 1.82) is 0 Å². The number of hydrogen-bond acceptors (Lipinski definition) is 2. The zero-order valence-electron chi connectivity index (χ0n) is 10.9. The minimum Gasteiger partial charge on any atom is -0.347 e.